The van der Waals surface area contributed by atoms with Crippen LogP contribution >= 0.6 is 0 Å². The van der Waals surface area contributed by atoms with Gasteiger partial charge in [0, 0.05) is 0 Å². The molecule has 1 aromatic carbocycles. The van der Waals surface area contributed by atoms with E-state index in [0.717, 1.165) is 11.0 Å². The quantitative estimate of drug-likeness (QED) is 0.788. The van der Waals surface area contributed by atoms with E-state index in [2.05, 4.69) is 4.98 Å². The Hall–Kier alpha value is -1.35. The van der Waals surface area contributed by atoms with Crippen molar-refractivity contribution in [2.24, 2.45) is 5.92 Å². The molecule has 0 fully saturated rings. The Morgan fingerprint density at radius 3 is 2.71 bits per heavy atom. The van der Waals surface area contributed by atoms with Crippen LogP contribution in [0.15, 0.2) is 30.6 Å². The van der Waals surface area contributed by atoms with E-state index in [4.69, 9.17) is 0 Å². The molecule has 1 N–H and O–H groups in total. The van der Waals surface area contributed by atoms with Crippen molar-refractivity contribution in [3.05, 3.63) is 30.6 Å². The average molecular weight is 190 g/mol. The fraction of sp³-hybridized carbons (Fsp3) is 0.364. The van der Waals surface area contributed by atoms with Gasteiger partial charge in [0.2, 0.25) is 0 Å². The molecular weight excluding hydrogens is 176 g/mol. The number of aliphatic hydroxyl groups excluding tert-OH is 1. The molecule has 0 aliphatic carbocycles. The Labute approximate surface area is 83.0 Å². The second-order valence-corrected chi connectivity index (χ2v) is 3.80. The summed E-state index contributed by atoms with van der Waals surface area (Å²) in [5.74, 6) is 0.188. The highest BCUT2D eigenvalue weighted by Crippen LogP contribution is 2.20. The number of fused-ring (bicyclic) bond motifs is 1. The lowest BCUT2D eigenvalue weighted by Gasteiger charge is -2.16. The van der Waals surface area contributed by atoms with Crippen molar-refractivity contribution in [2.45, 2.75) is 20.1 Å². The van der Waals surface area contributed by atoms with Gasteiger partial charge in [0.05, 0.1) is 17.4 Å². The lowest BCUT2D eigenvalue weighted by atomic mass is 10.2. The van der Waals surface area contributed by atoms with E-state index in [9.17, 15) is 5.11 Å². The zero-order valence-corrected chi connectivity index (χ0v) is 8.38. The number of benzene rings is 1. The van der Waals surface area contributed by atoms with Crippen molar-refractivity contribution in [1.29, 1.82) is 0 Å². The third-order valence-electron chi connectivity index (χ3n) is 2.36. The lowest BCUT2D eigenvalue weighted by molar-refractivity contribution is 0.0605. The molecule has 0 saturated carbocycles. The van der Waals surface area contributed by atoms with E-state index in [1.807, 2.05) is 38.1 Å². The van der Waals surface area contributed by atoms with Gasteiger partial charge in [-0.1, -0.05) is 26.0 Å². The fourth-order valence-electron chi connectivity index (χ4n) is 1.51. The molecule has 2 aromatic rings. The highest BCUT2D eigenvalue weighted by molar-refractivity contribution is 5.75. The summed E-state index contributed by atoms with van der Waals surface area (Å²) in [6.45, 7) is 3.97. The molecule has 0 spiro atoms. The normalized spacial score (nSPS) is 13.7. The first-order chi connectivity index (χ1) is 6.70. The molecule has 1 unspecified atom stereocenters. The first kappa shape index (κ1) is 9.21. The smallest absolute Gasteiger partial charge is 0.134 e. The molecule has 74 valence electrons. The van der Waals surface area contributed by atoms with E-state index >= 15 is 0 Å². The van der Waals surface area contributed by atoms with Crippen molar-refractivity contribution in [2.75, 3.05) is 0 Å². The van der Waals surface area contributed by atoms with E-state index < -0.39 is 6.23 Å². The maximum atomic E-state index is 9.91. The molecule has 1 aromatic heterocycles. The zero-order chi connectivity index (χ0) is 10.1. The Balaban J connectivity index is 2.53. The van der Waals surface area contributed by atoms with Crippen molar-refractivity contribution in [3.8, 4) is 0 Å². The van der Waals surface area contributed by atoms with Gasteiger partial charge in [0.25, 0.3) is 0 Å². The van der Waals surface area contributed by atoms with Crippen LogP contribution < -0.4 is 0 Å². The van der Waals surface area contributed by atoms with Crippen LogP contribution in [0.1, 0.15) is 20.1 Å². The maximum Gasteiger partial charge on any atom is 0.134 e. The minimum atomic E-state index is -0.498. The van der Waals surface area contributed by atoms with Crippen molar-refractivity contribution in [1.82, 2.24) is 9.55 Å². The summed E-state index contributed by atoms with van der Waals surface area (Å²) >= 11 is 0. The minimum absolute atomic E-state index is 0.188. The van der Waals surface area contributed by atoms with Crippen LogP contribution in [0.4, 0.5) is 0 Å². The zero-order valence-electron chi connectivity index (χ0n) is 8.38. The first-order valence-corrected chi connectivity index (χ1v) is 4.80. The molecule has 14 heavy (non-hydrogen) atoms. The van der Waals surface area contributed by atoms with Gasteiger partial charge in [-0.15, -0.1) is 0 Å². The van der Waals surface area contributed by atoms with Gasteiger partial charge in [0.1, 0.15) is 6.23 Å². The van der Waals surface area contributed by atoms with Gasteiger partial charge in [0.15, 0.2) is 0 Å². The number of nitrogens with zero attached hydrogens (tertiary/aromatic N) is 2. The molecule has 3 nitrogen and oxygen atoms in total. The van der Waals surface area contributed by atoms with Crippen LogP contribution in [-0.4, -0.2) is 14.7 Å². The molecule has 0 aliphatic heterocycles. The van der Waals surface area contributed by atoms with E-state index in [1.165, 1.54) is 0 Å². The molecule has 0 amide bonds. The van der Waals surface area contributed by atoms with E-state index in [-0.39, 0.29) is 5.92 Å². The lowest BCUT2D eigenvalue weighted by Crippen LogP contribution is -2.13. The monoisotopic (exact) mass is 190 g/mol. The summed E-state index contributed by atoms with van der Waals surface area (Å²) in [6, 6.07) is 7.81. The molecule has 1 atom stereocenters. The van der Waals surface area contributed by atoms with Crippen molar-refractivity contribution in [3.63, 3.8) is 0 Å². The molecule has 0 saturated heterocycles. The van der Waals surface area contributed by atoms with Gasteiger partial charge < -0.3 is 9.67 Å². The molecule has 0 radical (unpaired) electrons. The third kappa shape index (κ3) is 1.40. The van der Waals surface area contributed by atoms with E-state index in [0.29, 0.717) is 0 Å². The Morgan fingerprint density at radius 1 is 1.29 bits per heavy atom. The average Bonchev–Trinajstić information content (AvgIpc) is 2.60. The van der Waals surface area contributed by atoms with Crippen LogP contribution in [-0.2, 0) is 0 Å². The second-order valence-electron chi connectivity index (χ2n) is 3.80. The summed E-state index contributed by atoms with van der Waals surface area (Å²) in [5, 5.41) is 9.91. The highest BCUT2D eigenvalue weighted by Gasteiger charge is 2.13. The summed E-state index contributed by atoms with van der Waals surface area (Å²) in [6.07, 6.45) is 1.19. The Morgan fingerprint density at radius 2 is 2.00 bits per heavy atom. The molecule has 0 aliphatic rings. The Kier molecular flexibility index (Phi) is 2.25. The first-order valence-electron chi connectivity index (χ1n) is 4.80. The SMILES string of the molecule is CC(C)C(O)n1cnc2ccccc21. The van der Waals surface area contributed by atoms with Crippen molar-refractivity contribution >= 4 is 11.0 Å². The maximum absolute atomic E-state index is 9.91. The fourth-order valence-corrected chi connectivity index (χ4v) is 1.51. The van der Waals surface area contributed by atoms with Crippen LogP contribution in [0, 0.1) is 5.92 Å². The number of imidazole rings is 1. The molecule has 0 bridgehead atoms. The van der Waals surface area contributed by atoms with Gasteiger partial charge in [-0.3, -0.25) is 0 Å². The summed E-state index contributed by atoms with van der Waals surface area (Å²) in [4.78, 5) is 4.23. The number of hydrogen-bond donors (Lipinski definition) is 1. The third-order valence-corrected chi connectivity index (χ3v) is 2.36. The van der Waals surface area contributed by atoms with Crippen LogP contribution in [0.3, 0.4) is 0 Å². The molecule has 2 rings (SSSR count). The molecular formula is C11H14N2O. The number of rotatable bonds is 2. The second kappa shape index (κ2) is 3.42. The summed E-state index contributed by atoms with van der Waals surface area (Å²) < 4.78 is 1.81. The van der Waals surface area contributed by atoms with Crippen LogP contribution in [0.2, 0.25) is 0 Å². The summed E-state index contributed by atoms with van der Waals surface area (Å²) in [5.41, 5.74) is 1.90. The number of aromatic nitrogens is 2. The number of para-hydroxylation sites is 2. The Bertz CT molecular complexity index is 434. The van der Waals surface area contributed by atoms with Gasteiger partial charge in [-0.05, 0) is 18.1 Å². The number of hydrogen-bond acceptors (Lipinski definition) is 2. The topological polar surface area (TPSA) is 38.0 Å². The largest absolute Gasteiger partial charge is 0.373 e. The van der Waals surface area contributed by atoms with Gasteiger partial charge in [-0.2, -0.15) is 0 Å². The predicted octanol–water partition coefficient (Wildman–Crippen LogP) is 2.18. The highest BCUT2D eigenvalue weighted by atomic mass is 16.3. The van der Waals surface area contributed by atoms with Gasteiger partial charge in [-0.25, -0.2) is 4.98 Å². The van der Waals surface area contributed by atoms with Crippen molar-refractivity contribution < 1.29 is 5.11 Å². The molecule has 3 heteroatoms. The van der Waals surface area contributed by atoms with Gasteiger partial charge >= 0.3 is 0 Å². The predicted molar refractivity (Wildman–Crippen MR) is 55.8 cm³/mol. The standard InChI is InChI=1S/C11H14N2O/c1-8(2)11(14)13-7-12-9-5-3-4-6-10(9)13/h3-8,11,14H,1-2H3. The molecule has 1 heterocycles. The van der Waals surface area contributed by atoms with E-state index in [1.54, 1.807) is 10.9 Å². The van der Waals surface area contributed by atoms with Crippen LogP contribution in [0.5, 0.6) is 0 Å². The summed E-state index contributed by atoms with van der Waals surface area (Å²) in [7, 11) is 0. The minimum Gasteiger partial charge on any atom is -0.373 e. The van der Waals surface area contributed by atoms with Crippen LogP contribution in [0.25, 0.3) is 11.0 Å². The number of aliphatic hydroxyl groups is 1.